The molecule has 0 aliphatic rings. The fraction of sp³-hybridized carbons (Fsp3) is 0.188. The van der Waals surface area contributed by atoms with Gasteiger partial charge in [0.15, 0.2) is 0 Å². The smallest absolute Gasteiger partial charge is 0.308 e. The number of nitrogens with one attached hydrogen (secondary N) is 2. The van der Waals surface area contributed by atoms with Crippen LogP contribution in [-0.2, 0) is 0 Å². The van der Waals surface area contributed by atoms with Crippen LogP contribution in [0.2, 0.25) is 0 Å². The van der Waals surface area contributed by atoms with E-state index < -0.39 is 17.7 Å². The van der Waals surface area contributed by atoms with E-state index in [0.29, 0.717) is 11.6 Å². The third-order valence-corrected chi connectivity index (χ3v) is 2.99. The van der Waals surface area contributed by atoms with E-state index in [9.17, 15) is 13.6 Å². The molecule has 0 aliphatic heterocycles. The maximum absolute atomic E-state index is 13.4. The summed E-state index contributed by atoms with van der Waals surface area (Å²) in [7, 11) is 0. The van der Waals surface area contributed by atoms with Gasteiger partial charge in [-0.3, -0.25) is 0 Å². The number of benzene rings is 2. The Kier molecular flexibility index (Phi) is 4.52. The summed E-state index contributed by atoms with van der Waals surface area (Å²) in [4.78, 5) is 11.8. The molecule has 0 bridgehead atoms. The van der Waals surface area contributed by atoms with Crippen LogP contribution in [0.4, 0.5) is 25.0 Å². The van der Waals surface area contributed by atoms with Crippen LogP contribution in [0, 0.1) is 11.6 Å². The first kappa shape index (κ1) is 15.0. The monoisotopic (exact) mass is 290 g/mol. The molecule has 0 spiro atoms. The zero-order chi connectivity index (χ0) is 15.4. The second kappa shape index (κ2) is 6.35. The van der Waals surface area contributed by atoms with Crippen LogP contribution in [0.5, 0.6) is 0 Å². The zero-order valence-corrected chi connectivity index (χ0v) is 11.8. The molecular formula is C16H16F2N2O. The molecule has 2 amide bonds. The van der Waals surface area contributed by atoms with Crippen LogP contribution in [0.25, 0.3) is 0 Å². The average molecular weight is 290 g/mol. The molecule has 3 nitrogen and oxygen atoms in total. The Balaban J connectivity index is 2.08. The third kappa shape index (κ3) is 4.02. The highest BCUT2D eigenvalue weighted by Crippen LogP contribution is 2.19. The van der Waals surface area contributed by atoms with E-state index >= 15 is 0 Å². The number of halogens is 2. The highest BCUT2D eigenvalue weighted by atomic mass is 19.1. The normalized spacial score (nSPS) is 10.5. The maximum Gasteiger partial charge on any atom is 0.323 e. The van der Waals surface area contributed by atoms with Crippen molar-refractivity contribution in [1.82, 2.24) is 0 Å². The van der Waals surface area contributed by atoms with Crippen molar-refractivity contribution in [2.24, 2.45) is 0 Å². The van der Waals surface area contributed by atoms with E-state index in [-0.39, 0.29) is 5.69 Å². The number of hydrogen-bond acceptors (Lipinski definition) is 1. The van der Waals surface area contributed by atoms with Crippen LogP contribution >= 0.6 is 0 Å². The van der Waals surface area contributed by atoms with Crippen molar-refractivity contribution in [3.05, 3.63) is 59.7 Å². The molecule has 0 saturated heterocycles. The molecule has 110 valence electrons. The van der Waals surface area contributed by atoms with E-state index in [2.05, 4.69) is 10.6 Å². The molecule has 0 fully saturated rings. The lowest BCUT2D eigenvalue weighted by Crippen LogP contribution is -2.20. The molecule has 2 aromatic carbocycles. The number of anilines is 2. The van der Waals surface area contributed by atoms with Gasteiger partial charge < -0.3 is 10.6 Å². The highest BCUT2D eigenvalue weighted by Gasteiger charge is 2.09. The second-order valence-electron chi connectivity index (χ2n) is 4.98. The number of rotatable bonds is 3. The number of carbonyl (C=O) groups is 1. The quantitative estimate of drug-likeness (QED) is 0.842. The molecule has 0 heterocycles. The average Bonchev–Trinajstić information content (AvgIpc) is 2.43. The van der Waals surface area contributed by atoms with Crippen molar-refractivity contribution in [3.63, 3.8) is 0 Å². The van der Waals surface area contributed by atoms with Crippen molar-refractivity contribution in [1.29, 1.82) is 0 Å². The van der Waals surface area contributed by atoms with Gasteiger partial charge in [0.25, 0.3) is 0 Å². The van der Waals surface area contributed by atoms with Crippen molar-refractivity contribution >= 4 is 17.4 Å². The van der Waals surface area contributed by atoms with Gasteiger partial charge in [-0.25, -0.2) is 13.6 Å². The van der Waals surface area contributed by atoms with Gasteiger partial charge in [0.1, 0.15) is 11.6 Å². The molecule has 0 radical (unpaired) electrons. The molecular weight excluding hydrogens is 274 g/mol. The fourth-order valence-electron chi connectivity index (χ4n) is 1.85. The summed E-state index contributed by atoms with van der Waals surface area (Å²) in [5.41, 5.74) is 1.47. The van der Waals surface area contributed by atoms with Crippen LogP contribution in [0.3, 0.4) is 0 Å². The van der Waals surface area contributed by atoms with Crippen molar-refractivity contribution in [2.75, 3.05) is 10.6 Å². The van der Waals surface area contributed by atoms with Gasteiger partial charge in [0, 0.05) is 11.8 Å². The molecule has 21 heavy (non-hydrogen) atoms. The van der Waals surface area contributed by atoms with Crippen molar-refractivity contribution in [2.45, 2.75) is 19.8 Å². The van der Waals surface area contributed by atoms with Gasteiger partial charge in [0.2, 0.25) is 0 Å². The fourth-order valence-corrected chi connectivity index (χ4v) is 1.85. The highest BCUT2D eigenvalue weighted by molar-refractivity contribution is 5.99. The Bertz CT molecular complexity index is 656. The minimum absolute atomic E-state index is 0.201. The Hall–Kier alpha value is -2.43. The Morgan fingerprint density at radius 1 is 1.05 bits per heavy atom. The summed E-state index contributed by atoms with van der Waals surface area (Å²) in [6.45, 7) is 4.09. The molecule has 2 rings (SSSR count). The standard InChI is InChI=1S/C16H16F2N2O/c1-10(2)11-4-3-5-13(8-11)19-16(21)20-15-9-12(17)6-7-14(15)18/h3-10H,1-2H3,(H2,19,20,21). The Labute approximate surface area is 122 Å². The van der Waals surface area contributed by atoms with Crippen molar-refractivity contribution < 1.29 is 13.6 Å². The number of amides is 2. The summed E-state index contributed by atoms with van der Waals surface area (Å²) in [6.07, 6.45) is 0. The molecule has 0 saturated carbocycles. The summed E-state index contributed by atoms with van der Waals surface area (Å²) in [6, 6.07) is 9.61. The SMILES string of the molecule is CC(C)c1cccc(NC(=O)Nc2cc(F)ccc2F)c1. The van der Waals surface area contributed by atoms with E-state index in [4.69, 9.17) is 0 Å². The first-order chi connectivity index (χ1) is 9.95. The first-order valence-corrected chi connectivity index (χ1v) is 6.58. The molecule has 2 aromatic rings. The Morgan fingerprint density at radius 3 is 2.52 bits per heavy atom. The maximum atomic E-state index is 13.4. The van der Waals surface area contributed by atoms with Gasteiger partial charge in [0.05, 0.1) is 5.69 Å². The van der Waals surface area contributed by atoms with Gasteiger partial charge in [-0.2, -0.15) is 0 Å². The van der Waals surface area contributed by atoms with Gasteiger partial charge in [-0.05, 0) is 35.7 Å². The van der Waals surface area contributed by atoms with E-state index in [1.165, 1.54) is 0 Å². The van der Waals surface area contributed by atoms with Crippen LogP contribution < -0.4 is 10.6 Å². The van der Waals surface area contributed by atoms with E-state index in [1.54, 1.807) is 6.07 Å². The minimum atomic E-state index is -0.692. The van der Waals surface area contributed by atoms with Gasteiger partial charge in [-0.15, -0.1) is 0 Å². The van der Waals surface area contributed by atoms with E-state index in [1.807, 2.05) is 32.0 Å². The van der Waals surface area contributed by atoms with Gasteiger partial charge in [-0.1, -0.05) is 26.0 Å². The topological polar surface area (TPSA) is 41.1 Å². The van der Waals surface area contributed by atoms with Crippen LogP contribution in [0.15, 0.2) is 42.5 Å². The lowest BCUT2D eigenvalue weighted by molar-refractivity contribution is 0.262. The van der Waals surface area contributed by atoms with Crippen molar-refractivity contribution in [3.8, 4) is 0 Å². The lowest BCUT2D eigenvalue weighted by atomic mass is 10.0. The number of hydrogen-bond donors (Lipinski definition) is 2. The second-order valence-corrected chi connectivity index (χ2v) is 4.98. The molecule has 5 heteroatoms. The summed E-state index contributed by atoms with van der Waals surface area (Å²) >= 11 is 0. The summed E-state index contributed by atoms with van der Waals surface area (Å²) in [5.74, 6) is -0.980. The predicted octanol–water partition coefficient (Wildman–Crippen LogP) is 4.73. The molecule has 2 N–H and O–H groups in total. The Morgan fingerprint density at radius 2 is 1.81 bits per heavy atom. The predicted molar refractivity (Wildman–Crippen MR) is 79.5 cm³/mol. The minimum Gasteiger partial charge on any atom is -0.308 e. The summed E-state index contributed by atoms with van der Waals surface area (Å²) < 4.78 is 26.5. The molecule has 0 aromatic heterocycles. The summed E-state index contributed by atoms with van der Waals surface area (Å²) in [5, 5.41) is 4.88. The number of urea groups is 1. The largest absolute Gasteiger partial charge is 0.323 e. The molecule has 0 aliphatic carbocycles. The molecule has 0 atom stereocenters. The zero-order valence-electron chi connectivity index (χ0n) is 11.8. The third-order valence-electron chi connectivity index (χ3n) is 2.99. The number of carbonyl (C=O) groups excluding carboxylic acids is 1. The lowest BCUT2D eigenvalue weighted by Gasteiger charge is -2.11. The first-order valence-electron chi connectivity index (χ1n) is 6.58. The van der Waals surface area contributed by atoms with Crippen LogP contribution in [-0.4, -0.2) is 6.03 Å². The van der Waals surface area contributed by atoms with Crippen LogP contribution in [0.1, 0.15) is 25.3 Å². The van der Waals surface area contributed by atoms with E-state index in [0.717, 1.165) is 23.8 Å². The van der Waals surface area contributed by atoms with Gasteiger partial charge >= 0.3 is 6.03 Å². The molecule has 0 unspecified atom stereocenters.